The number of carbonyl (C=O) groups is 1. The van der Waals surface area contributed by atoms with Crippen molar-refractivity contribution in [2.45, 2.75) is 12.8 Å². The van der Waals surface area contributed by atoms with E-state index in [1.165, 1.54) is 12.1 Å². The second kappa shape index (κ2) is 6.92. The molecule has 2 aromatic carbocycles. The number of benzene rings is 2. The summed E-state index contributed by atoms with van der Waals surface area (Å²) >= 11 is 0. The molecule has 0 unspecified atom stereocenters. The first-order chi connectivity index (χ1) is 11.2. The first-order valence-electron chi connectivity index (χ1n) is 6.86. The molecule has 6 N–H and O–H groups in total. The molecule has 9 heteroatoms. The summed E-state index contributed by atoms with van der Waals surface area (Å²) in [5.74, 6) is -1.57. The molecular weight excluding hydrogens is 337 g/mol. The number of Topliss-reactive ketones (excluding diaryl/α,β-unsaturated/α-hetero) is 1. The zero-order chi connectivity index (χ0) is 17.9. The van der Waals surface area contributed by atoms with E-state index in [2.05, 4.69) is 0 Å². The molecule has 0 fully saturated rings. The molecule has 0 atom stereocenters. The minimum Gasteiger partial charge on any atom is -0.508 e. The van der Waals surface area contributed by atoms with Crippen LogP contribution in [-0.4, -0.2) is 30.9 Å². The fourth-order valence-electron chi connectivity index (χ4n) is 2.24. The molecule has 0 aliphatic heterocycles. The molecule has 2 rings (SSSR count). The zero-order valence-electron chi connectivity index (χ0n) is 12.4. The standard InChI is InChI=1S/C15H16NO7P/c17-10-3-1-2-9(6-10)4-5-13(19)15-12(16-24(21,22)23)7-11(18)8-14(15)20/h1-3,6-8,17-18,20H,4-5H2,(H3,16,21,22,23). The Morgan fingerprint density at radius 1 is 1.04 bits per heavy atom. The van der Waals surface area contributed by atoms with Gasteiger partial charge in [-0.25, -0.2) is 4.57 Å². The monoisotopic (exact) mass is 353 g/mol. The van der Waals surface area contributed by atoms with Gasteiger partial charge in [0.25, 0.3) is 0 Å². The second-order valence-corrected chi connectivity index (χ2v) is 6.45. The van der Waals surface area contributed by atoms with Crippen LogP contribution in [0.25, 0.3) is 0 Å². The number of rotatable bonds is 6. The van der Waals surface area contributed by atoms with Gasteiger partial charge in [0.05, 0.1) is 11.3 Å². The highest BCUT2D eigenvalue weighted by molar-refractivity contribution is 7.53. The van der Waals surface area contributed by atoms with Gasteiger partial charge in [0, 0.05) is 18.6 Å². The van der Waals surface area contributed by atoms with Crippen molar-refractivity contribution < 1.29 is 34.5 Å². The van der Waals surface area contributed by atoms with E-state index in [1.807, 2.05) is 0 Å². The van der Waals surface area contributed by atoms with Crippen molar-refractivity contribution in [3.63, 3.8) is 0 Å². The molecule has 0 saturated carbocycles. The van der Waals surface area contributed by atoms with Crippen molar-refractivity contribution in [2.24, 2.45) is 0 Å². The summed E-state index contributed by atoms with van der Waals surface area (Å²) in [4.78, 5) is 30.3. The van der Waals surface area contributed by atoms with Crippen molar-refractivity contribution in [1.29, 1.82) is 0 Å². The second-order valence-electron chi connectivity index (χ2n) is 5.14. The van der Waals surface area contributed by atoms with Gasteiger partial charge in [-0.15, -0.1) is 0 Å². The Morgan fingerprint density at radius 2 is 1.75 bits per heavy atom. The van der Waals surface area contributed by atoms with Crippen LogP contribution in [-0.2, 0) is 11.0 Å². The summed E-state index contributed by atoms with van der Waals surface area (Å²) in [5, 5.41) is 30.5. The predicted molar refractivity (Wildman–Crippen MR) is 86.2 cm³/mol. The fourth-order valence-corrected chi connectivity index (χ4v) is 2.74. The number of hydrogen-bond acceptors (Lipinski definition) is 5. The lowest BCUT2D eigenvalue weighted by atomic mass is 10.0. The summed E-state index contributed by atoms with van der Waals surface area (Å²) in [6.45, 7) is 0. The molecular formula is C15H16NO7P. The summed E-state index contributed by atoms with van der Waals surface area (Å²) in [6.07, 6.45) is 0.181. The van der Waals surface area contributed by atoms with Gasteiger partial charge in [-0.05, 0) is 24.1 Å². The van der Waals surface area contributed by atoms with Crippen LogP contribution in [0.5, 0.6) is 17.2 Å². The normalized spacial score (nSPS) is 11.2. The highest BCUT2D eigenvalue weighted by atomic mass is 31.2. The van der Waals surface area contributed by atoms with Gasteiger partial charge in [-0.1, -0.05) is 12.1 Å². The maximum Gasteiger partial charge on any atom is 0.427 e. The minimum absolute atomic E-state index is 0.0521. The lowest BCUT2D eigenvalue weighted by Gasteiger charge is -2.14. The number of nitrogens with one attached hydrogen (secondary N) is 1. The Bertz CT molecular complexity index is 815. The van der Waals surface area contributed by atoms with E-state index >= 15 is 0 Å². The van der Waals surface area contributed by atoms with E-state index in [1.54, 1.807) is 17.2 Å². The van der Waals surface area contributed by atoms with Crippen LogP contribution in [0.4, 0.5) is 5.69 Å². The minimum atomic E-state index is -4.73. The molecule has 0 bridgehead atoms. The molecule has 24 heavy (non-hydrogen) atoms. The van der Waals surface area contributed by atoms with Crippen molar-refractivity contribution in [1.82, 2.24) is 0 Å². The predicted octanol–water partition coefficient (Wildman–Crippen LogP) is 2.12. The summed E-state index contributed by atoms with van der Waals surface area (Å²) < 4.78 is 11.1. The van der Waals surface area contributed by atoms with Crippen LogP contribution in [0, 0.1) is 0 Å². The van der Waals surface area contributed by atoms with Crippen LogP contribution < -0.4 is 5.09 Å². The van der Waals surface area contributed by atoms with E-state index in [0.717, 1.165) is 12.1 Å². The van der Waals surface area contributed by atoms with Crippen LogP contribution in [0.3, 0.4) is 0 Å². The number of aryl methyl sites for hydroxylation is 1. The number of hydrogen-bond donors (Lipinski definition) is 6. The third-order valence-corrected chi connectivity index (χ3v) is 3.73. The first kappa shape index (κ1) is 17.8. The van der Waals surface area contributed by atoms with Gasteiger partial charge in [0.1, 0.15) is 17.2 Å². The van der Waals surface area contributed by atoms with E-state index in [-0.39, 0.29) is 29.8 Å². The van der Waals surface area contributed by atoms with Gasteiger partial charge in [0.15, 0.2) is 5.78 Å². The van der Waals surface area contributed by atoms with Crippen LogP contribution in [0.2, 0.25) is 0 Å². The molecule has 0 aliphatic rings. The molecule has 0 saturated heterocycles. The molecule has 0 aliphatic carbocycles. The summed E-state index contributed by atoms with van der Waals surface area (Å²) in [5.41, 5.74) is 0.00383. The van der Waals surface area contributed by atoms with Crippen molar-refractivity contribution in [3.8, 4) is 17.2 Å². The summed E-state index contributed by atoms with van der Waals surface area (Å²) in [6, 6.07) is 8.15. The third-order valence-electron chi connectivity index (χ3n) is 3.20. The van der Waals surface area contributed by atoms with Gasteiger partial charge in [0.2, 0.25) is 0 Å². The number of anilines is 1. The molecule has 0 aromatic heterocycles. The quantitative estimate of drug-likeness (QED) is 0.342. The van der Waals surface area contributed by atoms with Crippen molar-refractivity contribution >= 4 is 19.2 Å². The van der Waals surface area contributed by atoms with Crippen LogP contribution >= 0.6 is 7.75 Å². The average molecular weight is 353 g/mol. The van der Waals surface area contributed by atoms with Crippen LogP contribution in [0.1, 0.15) is 22.3 Å². The van der Waals surface area contributed by atoms with E-state index in [4.69, 9.17) is 9.79 Å². The number of carbonyl (C=O) groups excluding carboxylic acids is 1. The molecule has 0 amide bonds. The number of phenols is 3. The van der Waals surface area contributed by atoms with Crippen molar-refractivity contribution in [3.05, 3.63) is 47.5 Å². The topological polar surface area (TPSA) is 147 Å². The van der Waals surface area contributed by atoms with Gasteiger partial charge in [-0.3, -0.25) is 9.88 Å². The van der Waals surface area contributed by atoms with Crippen LogP contribution in [0.15, 0.2) is 36.4 Å². The summed E-state index contributed by atoms with van der Waals surface area (Å²) in [7, 11) is -4.73. The third kappa shape index (κ3) is 4.73. The van der Waals surface area contributed by atoms with Gasteiger partial charge >= 0.3 is 7.75 Å². The Morgan fingerprint density at radius 3 is 2.38 bits per heavy atom. The fraction of sp³-hybridized carbons (Fsp3) is 0.133. The maximum atomic E-state index is 12.3. The van der Waals surface area contributed by atoms with E-state index in [9.17, 15) is 24.7 Å². The molecule has 0 spiro atoms. The van der Waals surface area contributed by atoms with Gasteiger partial charge < -0.3 is 25.1 Å². The lowest BCUT2D eigenvalue weighted by molar-refractivity contribution is 0.0981. The van der Waals surface area contributed by atoms with Crippen molar-refractivity contribution in [2.75, 3.05) is 5.09 Å². The number of ketones is 1. The molecule has 2 aromatic rings. The Labute approximate surface area is 137 Å². The Kier molecular flexibility index (Phi) is 5.14. The smallest absolute Gasteiger partial charge is 0.427 e. The largest absolute Gasteiger partial charge is 0.508 e. The Hall–Kier alpha value is -2.54. The lowest BCUT2D eigenvalue weighted by Crippen LogP contribution is -2.07. The molecule has 0 heterocycles. The molecule has 0 radical (unpaired) electrons. The van der Waals surface area contributed by atoms with E-state index in [0.29, 0.717) is 5.56 Å². The molecule has 8 nitrogen and oxygen atoms in total. The first-order valence-corrected chi connectivity index (χ1v) is 8.48. The maximum absolute atomic E-state index is 12.3. The SMILES string of the molecule is O=C(CCc1cccc(O)c1)c1c(O)cc(O)cc1NP(=O)(O)O. The van der Waals surface area contributed by atoms with E-state index < -0.39 is 25.0 Å². The van der Waals surface area contributed by atoms with Gasteiger partial charge in [-0.2, -0.15) is 0 Å². The number of phenolic OH excluding ortho intramolecular Hbond substituents is 3. The zero-order valence-corrected chi connectivity index (χ0v) is 13.3. The molecule has 128 valence electrons. The average Bonchev–Trinajstić information content (AvgIpc) is 2.42. The Balaban J connectivity index is 2.26. The highest BCUT2D eigenvalue weighted by Crippen LogP contribution is 2.41. The number of aromatic hydroxyl groups is 3. The highest BCUT2D eigenvalue weighted by Gasteiger charge is 2.22.